The van der Waals surface area contributed by atoms with Gasteiger partial charge in [-0.1, -0.05) is 109 Å². The maximum Gasteiger partial charge on any atom is 2.00 e. The summed E-state index contributed by atoms with van der Waals surface area (Å²) in [5, 5.41) is 62.1. The third-order valence-electron chi connectivity index (χ3n) is 8.03. The van der Waals surface area contributed by atoms with Crippen LogP contribution in [0.2, 0.25) is 0 Å². The van der Waals surface area contributed by atoms with Gasteiger partial charge in [-0.3, -0.25) is 19.9 Å². The average molecular weight is 1010 g/mol. The summed E-state index contributed by atoms with van der Waals surface area (Å²) >= 11 is 0. The molecule has 336 valence electrons. The molecule has 0 saturated heterocycles. The SMILES string of the molecule is COc1cccc(/C([O-])=N/N=C(\C)c2ccccc2[O-])c1.COc1cccc(/C([O-])=N/N=C(\C)c2ccccc2[O-])c1.[Zn+2].[Zn+2].c1ccncc1.c1ccncc1.c1ccncc1.c1ccncc1. The number of ether oxygens (including phenoxy) is 2. The number of hydrogen-bond donors (Lipinski definition) is 0. The van der Waals surface area contributed by atoms with Crippen LogP contribution in [0.3, 0.4) is 0 Å². The molecular weight excluding hydrogens is 963 g/mol. The molecule has 0 saturated carbocycles. The molecule has 0 spiro atoms. The van der Waals surface area contributed by atoms with Crippen molar-refractivity contribution in [3.63, 3.8) is 0 Å². The molecule has 0 aliphatic rings. The molecule has 4 heterocycles. The number of nitrogens with zero attached hydrogens (tertiary/aromatic N) is 8. The number of aromatic nitrogens is 4. The third kappa shape index (κ3) is 24.5. The first-order valence-corrected chi connectivity index (χ1v) is 20.0. The van der Waals surface area contributed by atoms with Gasteiger partial charge in [0, 0.05) is 61.4 Å². The van der Waals surface area contributed by atoms with E-state index in [9.17, 15) is 20.4 Å². The summed E-state index contributed by atoms with van der Waals surface area (Å²) in [5.74, 6) is -0.137. The zero-order valence-corrected chi connectivity index (χ0v) is 44.2. The molecule has 4 aromatic carbocycles. The Morgan fingerprint density at radius 2 is 0.676 bits per heavy atom. The van der Waals surface area contributed by atoms with Crippen molar-refractivity contribution in [2.75, 3.05) is 14.2 Å². The molecule has 0 unspecified atom stereocenters. The molecule has 16 heteroatoms. The smallest absolute Gasteiger partial charge is 0.872 e. The summed E-state index contributed by atoms with van der Waals surface area (Å²) in [6.07, 6.45) is 14.0. The standard InChI is InChI=1S/2C16H16N2O3.4C5H5N.2Zn/c2*1-11(14-8-3-4-9-15(14)19)17-18-16(20)12-6-5-7-13(10-12)21-2;4*1-2-4-6-5-3-1;;/h2*3-10,19H,1-2H3,(H,18,20);4*1-5H;;/q;;;;;;2*+2/p-4/b2*17-11+;;;;;;. The number of rotatable bonds is 8. The molecule has 0 amide bonds. The molecule has 8 aromatic rings. The van der Waals surface area contributed by atoms with Crippen molar-refractivity contribution in [3.05, 3.63) is 242 Å². The summed E-state index contributed by atoms with van der Waals surface area (Å²) in [4.78, 5) is 15.1. The van der Waals surface area contributed by atoms with Crippen LogP contribution in [0.5, 0.6) is 23.0 Å². The normalized spacial score (nSPS) is 10.4. The van der Waals surface area contributed by atoms with Crippen molar-refractivity contribution in [3.8, 4) is 23.0 Å². The van der Waals surface area contributed by atoms with E-state index in [1.807, 2.05) is 72.8 Å². The second-order valence-corrected chi connectivity index (χ2v) is 12.7. The molecule has 0 aliphatic heterocycles. The van der Waals surface area contributed by atoms with Gasteiger partial charge in [0.15, 0.2) is 0 Å². The molecule has 68 heavy (non-hydrogen) atoms. The van der Waals surface area contributed by atoms with Gasteiger partial charge in [-0.05, 0) is 109 Å². The fraction of sp³-hybridized carbons (Fsp3) is 0.0769. The Balaban J connectivity index is 0.000000450. The van der Waals surface area contributed by atoms with Crippen LogP contribution in [-0.2, 0) is 39.0 Å². The molecule has 14 nitrogen and oxygen atoms in total. The quantitative estimate of drug-likeness (QED) is 0.0664. The molecule has 0 atom stereocenters. The monoisotopic (exact) mass is 1010 g/mol. The Bertz CT molecular complexity index is 2300. The minimum absolute atomic E-state index is 0. The van der Waals surface area contributed by atoms with Gasteiger partial charge in [-0.2, -0.15) is 20.4 Å². The van der Waals surface area contributed by atoms with Gasteiger partial charge in [0.05, 0.1) is 25.6 Å². The summed E-state index contributed by atoms with van der Waals surface area (Å²) < 4.78 is 10.1. The van der Waals surface area contributed by atoms with Crippen molar-refractivity contribution in [2.24, 2.45) is 20.4 Å². The van der Waals surface area contributed by atoms with Gasteiger partial charge in [-0.15, -0.1) is 0 Å². The van der Waals surface area contributed by atoms with Crippen LogP contribution >= 0.6 is 0 Å². The van der Waals surface area contributed by atoms with E-state index < -0.39 is 11.8 Å². The van der Waals surface area contributed by atoms with E-state index >= 15 is 0 Å². The molecule has 4 aromatic heterocycles. The maximum absolute atomic E-state index is 11.9. The number of benzene rings is 4. The second-order valence-electron chi connectivity index (χ2n) is 12.7. The van der Waals surface area contributed by atoms with Crippen LogP contribution in [0.1, 0.15) is 36.1 Å². The van der Waals surface area contributed by atoms with E-state index in [2.05, 4.69) is 40.3 Å². The van der Waals surface area contributed by atoms with Crippen molar-refractivity contribution >= 4 is 23.2 Å². The summed E-state index contributed by atoms with van der Waals surface area (Å²) in [6.45, 7) is 3.28. The van der Waals surface area contributed by atoms with E-state index in [-0.39, 0.29) is 50.5 Å². The van der Waals surface area contributed by atoms with Gasteiger partial charge < -0.3 is 29.9 Å². The molecule has 0 bridgehead atoms. The minimum Gasteiger partial charge on any atom is -0.872 e. The van der Waals surface area contributed by atoms with Crippen molar-refractivity contribution in [1.29, 1.82) is 0 Å². The number of para-hydroxylation sites is 2. The van der Waals surface area contributed by atoms with Crippen molar-refractivity contribution < 1.29 is 68.9 Å². The van der Waals surface area contributed by atoms with Gasteiger partial charge in [0.1, 0.15) is 11.5 Å². The zero-order valence-electron chi connectivity index (χ0n) is 38.2. The van der Waals surface area contributed by atoms with Crippen molar-refractivity contribution in [1.82, 2.24) is 19.9 Å². The summed E-state index contributed by atoms with van der Waals surface area (Å²) in [5.41, 5.74) is 2.41. The van der Waals surface area contributed by atoms with Crippen LogP contribution in [-0.4, -0.2) is 57.4 Å². The topological polar surface area (TPSA) is 212 Å². The minimum atomic E-state index is -0.489. The Hall–Kier alpha value is -7.79. The summed E-state index contributed by atoms with van der Waals surface area (Å²) in [6, 6.07) is 49.1. The third-order valence-corrected chi connectivity index (χ3v) is 8.03. The molecule has 0 fully saturated rings. The Morgan fingerprint density at radius 3 is 0.912 bits per heavy atom. The summed E-state index contributed by atoms with van der Waals surface area (Å²) in [7, 11) is 3.04. The first-order valence-electron chi connectivity index (χ1n) is 20.0. The maximum atomic E-state index is 11.9. The molecular formula is C52H48N8O6Zn2. The average Bonchev–Trinajstić information content (AvgIpc) is 3.40. The number of pyridine rings is 4. The predicted octanol–water partition coefficient (Wildman–Crippen LogP) is 6.92. The van der Waals surface area contributed by atoms with E-state index in [0.29, 0.717) is 45.2 Å². The molecule has 0 radical (unpaired) electrons. The second kappa shape index (κ2) is 36.4. The Labute approximate surface area is 422 Å². The van der Waals surface area contributed by atoms with Crippen molar-refractivity contribution in [2.45, 2.75) is 13.8 Å². The first-order chi connectivity index (χ1) is 32.2. The van der Waals surface area contributed by atoms with Gasteiger partial charge in [-0.25, -0.2) is 0 Å². The first kappa shape index (κ1) is 58.2. The Kier molecular flexibility index (Phi) is 31.2. The zero-order chi connectivity index (χ0) is 47.5. The van der Waals surface area contributed by atoms with Crippen LogP contribution < -0.4 is 29.9 Å². The molecule has 0 aliphatic carbocycles. The number of methoxy groups -OCH3 is 2. The predicted molar refractivity (Wildman–Crippen MR) is 252 cm³/mol. The number of hydrogen-bond acceptors (Lipinski definition) is 14. The van der Waals surface area contributed by atoms with Crippen LogP contribution in [0.25, 0.3) is 0 Å². The van der Waals surface area contributed by atoms with E-state index in [1.165, 1.54) is 26.4 Å². The van der Waals surface area contributed by atoms with E-state index in [1.54, 1.807) is 148 Å². The fourth-order valence-electron chi connectivity index (χ4n) is 4.76. The van der Waals surface area contributed by atoms with Gasteiger partial charge in [0.25, 0.3) is 0 Å². The molecule has 8 rings (SSSR count). The van der Waals surface area contributed by atoms with E-state index in [4.69, 9.17) is 9.47 Å². The van der Waals surface area contributed by atoms with Crippen LogP contribution in [0.4, 0.5) is 0 Å². The fourth-order valence-corrected chi connectivity index (χ4v) is 4.76. The largest absolute Gasteiger partial charge is 2.00 e. The van der Waals surface area contributed by atoms with Crippen LogP contribution in [0, 0.1) is 0 Å². The van der Waals surface area contributed by atoms with Gasteiger partial charge >= 0.3 is 39.0 Å². The molecule has 0 N–H and O–H groups in total. The Morgan fingerprint density at radius 1 is 0.382 bits per heavy atom. The van der Waals surface area contributed by atoms with E-state index in [0.717, 1.165) is 0 Å². The van der Waals surface area contributed by atoms with Crippen LogP contribution in [0.15, 0.2) is 240 Å². The van der Waals surface area contributed by atoms with Gasteiger partial charge in [0.2, 0.25) is 0 Å².